The average molecular weight is 252 g/mol. The van der Waals surface area contributed by atoms with E-state index in [4.69, 9.17) is 5.73 Å². The van der Waals surface area contributed by atoms with Gasteiger partial charge in [-0.05, 0) is 6.92 Å². The third-order valence-corrected chi connectivity index (χ3v) is 3.18. The molecule has 0 unspecified atom stereocenters. The number of aromatic nitrogens is 3. The first kappa shape index (κ1) is 11.6. The average Bonchev–Trinajstić information content (AvgIpc) is 2.87. The summed E-state index contributed by atoms with van der Waals surface area (Å²) in [6, 6.07) is 0. The Hall–Kier alpha value is -1.89. The Morgan fingerprint density at radius 3 is 3.00 bits per heavy atom. The van der Waals surface area contributed by atoms with Crippen LogP contribution in [0.4, 0.5) is 5.82 Å². The fraction of sp³-hybridized carbons (Fsp3) is 0.300. The quantitative estimate of drug-likeness (QED) is 0.826. The molecule has 0 bridgehead atoms. The van der Waals surface area contributed by atoms with Gasteiger partial charge in [0.05, 0.1) is 20.0 Å². The minimum absolute atomic E-state index is 0.140. The van der Waals surface area contributed by atoms with Crippen LogP contribution >= 0.6 is 11.3 Å². The second-order valence-corrected chi connectivity index (χ2v) is 4.42. The number of carbonyl (C=O) groups excluding carboxylic acids is 1. The molecule has 0 aliphatic rings. The first-order valence-electron chi connectivity index (χ1n) is 4.91. The van der Waals surface area contributed by atoms with Gasteiger partial charge in [-0.1, -0.05) is 0 Å². The van der Waals surface area contributed by atoms with E-state index < -0.39 is 5.97 Å². The Labute approximate surface area is 102 Å². The molecule has 17 heavy (non-hydrogen) atoms. The number of nitrogens with two attached hydrogens (primary N) is 1. The zero-order valence-electron chi connectivity index (χ0n) is 9.51. The predicted octanol–water partition coefficient (Wildman–Crippen LogP) is 1.07. The molecule has 0 spiro atoms. The molecule has 0 saturated heterocycles. The van der Waals surface area contributed by atoms with E-state index in [0.29, 0.717) is 12.4 Å². The molecule has 2 aromatic rings. The Balaban J connectivity index is 2.23. The van der Waals surface area contributed by atoms with Gasteiger partial charge >= 0.3 is 5.97 Å². The highest BCUT2D eigenvalue weighted by Gasteiger charge is 2.16. The minimum Gasteiger partial charge on any atom is -0.464 e. The van der Waals surface area contributed by atoms with Crippen LogP contribution in [0.2, 0.25) is 0 Å². The first-order chi connectivity index (χ1) is 8.11. The normalized spacial score (nSPS) is 10.5. The Kier molecular flexibility index (Phi) is 3.10. The topological polar surface area (TPSA) is 83.0 Å². The zero-order valence-corrected chi connectivity index (χ0v) is 10.3. The Morgan fingerprint density at radius 2 is 2.41 bits per heavy atom. The number of anilines is 1. The van der Waals surface area contributed by atoms with Crippen molar-refractivity contribution in [3.8, 4) is 0 Å². The van der Waals surface area contributed by atoms with Gasteiger partial charge in [-0.2, -0.15) is 0 Å². The highest BCUT2D eigenvalue weighted by Crippen LogP contribution is 2.16. The molecule has 0 atom stereocenters. The van der Waals surface area contributed by atoms with E-state index in [9.17, 15) is 4.79 Å². The van der Waals surface area contributed by atoms with Gasteiger partial charge < -0.3 is 15.0 Å². The molecular formula is C10H12N4O2S. The van der Waals surface area contributed by atoms with Gasteiger partial charge in [0, 0.05) is 11.1 Å². The van der Waals surface area contributed by atoms with Crippen molar-refractivity contribution >= 4 is 23.1 Å². The lowest BCUT2D eigenvalue weighted by Crippen LogP contribution is -2.08. The van der Waals surface area contributed by atoms with Crippen LogP contribution < -0.4 is 5.73 Å². The van der Waals surface area contributed by atoms with Gasteiger partial charge in [-0.25, -0.2) is 14.8 Å². The Morgan fingerprint density at radius 1 is 1.65 bits per heavy atom. The number of hydrogen-bond acceptors (Lipinski definition) is 6. The van der Waals surface area contributed by atoms with Crippen molar-refractivity contribution in [3.63, 3.8) is 0 Å². The lowest BCUT2D eigenvalue weighted by molar-refractivity contribution is 0.0596. The van der Waals surface area contributed by atoms with Crippen molar-refractivity contribution in [1.29, 1.82) is 0 Å². The molecule has 0 saturated carbocycles. The lowest BCUT2D eigenvalue weighted by Gasteiger charge is -2.02. The van der Waals surface area contributed by atoms with Crippen molar-refractivity contribution in [1.82, 2.24) is 14.5 Å². The number of ether oxygens (including phenoxy) is 1. The summed E-state index contributed by atoms with van der Waals surface area (Å²) in [7, 11) is 1.30. The van der Waals surface area contributed by atoms with E-state index >= 15 is 0 Å². The number of nitrogen functional groups attached to an aromatic ring is 1. The second kappa shape index (κ2) is 4.54. The zero-order chi connectivity index (χ0) is 12.4. The van der Waals surface area contributed by atoms with Gasteiger partial charge in [0.25, 0.3) is 0 Å². The van der Waals surface area contributed by atoms with Crippen LogP contribution in [0.5, 0.6) is 0 Å². The van der Waals surface area contributed by atoms with E-state index in [1.54, 1.807) is 15.9 Å². The molecule has 2 aromatic heterocycles. The monoisotopic (exact) mass is 252 g/mol. The summed E-state index contributed by atoms with van der Waals surface area (Å²) < 4.78 is 6.25. The number of aryl methyl sites for hydroxylation is 1. The first-order valence-corrected chi connectivity index (χ1v) is 5.79. The molecule has 0 amide bonds. The summed E-state index contributed by atoms with van der Waals surface area (Å²) in [5, 5.41) is 2.88. The maximum atomic E-state index is 11.3. The highest BCUT2D eigenvalue weighted by molar-refractivity contribution is 7.09. The minimum atomic E-state index is -0.531. The number of imidazole rings is 1. The molecule has 2 heterocycles. The number of esters is 1. The van der Waals surface area contributed by atoms with Crippen molar-refractivity contribution in [3.05, 3.63) is 28.1 Å². The third-order valence-electron chi connectivity index (χ3n) is 2.23. The van der Waals surface area contributed by atoms with E-state index in [2.05, 4.69) is 14.7 Å². The van der Waals surface area contributed by atoms with Gasteiger partial charge in [0.1, 0.15) is 10.8 Å². The third kappa shape index (κ3) is 2.28. The number of rotatable bonds is 3. The number of methoxy groups -OCH3 is 1. The van der Waals surface area contributed by atoms with Crippen LogP contribution in [0, 0.1) is 6.92 Å². The summed E-state index contributed by atoms with van der Waals surface area (Å²) in [5.41, 5.74) is 6.92. The van der Waals surface area contributed by atoms with Gasteiger partial charge in [0.2, 0.25) is 0 Å². The van der Waals surface area contributed by atoms with Gasteiger partial charge in [-0.3, -0.25) is 0 Å². The maximum Gasteiger partial charge on any atom is 0.360 e. The van der Waals surface area contributed by atoms with Crippen molar-refractivity contribution in [2.75, 3.05) is 12.8 Å². The fourth-order valence-corrected chi connectivity index (χ4v) is 2.16. The maximum absolute atomic E-state index is 11.3. The standard InChI is InChI=1S/C10H12N4O2S/c1-6-4-17-7(13-6)3-14-5-12-8(9(14)11)10(15)16-2/h4-5H,3,11H2,1-2H3. The molecule has 0 radical (unpaired) electrons. The van der Waals surface area contributed by atoms with Crippen LogP contribution in [0.15, 0.2) is 11.7 Å². The molecule has 2 N–H and O–H groups in total. The van der Waals surface area contributed by atoms with Crippen molar-refractivity contribution < 1.29 is 9.53 Å². The fourth-order valence-electron chi connectivity index (χ4n) is 1.39. The molecule has 0 aliphatic carbocycles. The van der Waals surface area contributed by atoms with Gasteiger partial charge in [0.15, 0.2) is 5.69 Å². The molecule has 2 rings (SSSR count). The molecule has 6 nitrogen and oxygen atoms in total. The van der Waals surface area contributed by atoms with E-state index in [0.717, 1.165) is 10.7 Å². The largest absolute Gasteiger partial charge is 0.464 e. The molecule has 0 fully saturated rings. The second-order valence-electron chi connectivity index (χ2n) is 3.48. The number of nitrogens with zero attached hydrogens (tertiary/aromatic N) is 3. The van der Waals surface area contributed by atoms with E-state index in [-0.39, 0.29) is 5.69 Å². The summed E-state index contributed by atoms with van der Waals surface area (Å²) in [6.45, 7) is 2.44. The van der Waals surface area contributed by atoms with Crippen LogP contribution in [0.1, 0.15) is 21.2 Å². The molecule has 0 aromatic carbocycles. The smallest absolute Gasteiger partial charge is 0.360 e. The number of hydrogen-bond donors (Lipinski definition) is 1. The van der Waals surface area contributed by atoms with E-state index in [1.807, 2.05) is 12.3 Å². The summed E-state index contributed by atoms with van der Waals surface area (Å²) in [5.74, 6) is -0.235. The molecule has 90 valence electrons. The van der Waals surface area contributed by atoms with E-state index in [1.165, 1.54) is 13.4 Å². The van der Waals surface area contributed by atoms with Crippen LogP contribution in [-0.2, 0) is 11.3 Å². The van der Waals surface area contributed by atoms with Crippen molar-refractivity contribution in [2.24, 2.45) is 0 Å². The van der Waals surface area contributed by atoms with Crippen LogP contribution in [0.25, 0.3) is 0 Å². The number of carbonyl (C=O) groups is 1. The van der Waals surface area contributed by atoms with Crippen LogP contribution in [-0.4, -0.2) is 27.6 Å². The summed E-state index contributed by atoms with van der Waals surface area (Å²) in [4.78, 5) is 19.6. The molecule has 7 heteroatoms. The Bertz CT molecular complexity index is 546. The lowest BCUT2D eigenvalue weighted by atomic mass is 10.4. The summed E-state index contributed by atoms with van der Waals surface area (Å²) >= 11 is 1.55. The van der Waals surface area contributed by atoms with Gasteiger partial charge in [-0.15, -0.1) is 11.3 Å². The molecule has 0 aliphatic heterocycles. The van der Waals surface area contributed by atoms with Crippen molar-refractivity contribution in [2.45, 2.75) is 13.5 Å². The SMILES string of the molecule is COC(=O)c1ncn(Cc2nc(C)cs2)c1N. The predicted molar refractivity (Wildman–Crippen MR) is 63.9 cm³/mol. The molecular weight excluding hydrogens is 240 g/mol. The summed E-state index contributed by atoms with van der Waals surface area (Å²) in [6.07, 6.45) is 1.51. The highest BCUT2D eigenvalue weighted by atomic mass is 32.1. The number of thiazole rings is 1. The van der Waals surface area contributed by atoms with Crippen LogP contribution in [0.3, 0.4) is 0 Å².